The number of rotatable bonds is 4. The maximum absolute atomic E-state index is 12.7. The number of anilines is 1. The zero-order valence-electron chi connectivity index (χ0n) is 12.2. The molecule has 2 N–H and O–H groups in total. The van der Waals surface area contributed by atoms with Gasteiger partial charge in [-0.15, -0.1) is 0 Å². The van der Waals surface area contributed by atoms with Crippen LogP contribution in [0.3, 0.4) is 0 Å². The number of para-hydroxylation sites is 1. The number of hydrogen-bond acceptors (Lipinski definition) is 3. The summed E-state index contributed by atoms with van der Waals surface area (Å²) < 4.78 is 5.60. The molecule has 1 aliphatic heterocycles. The van der Waals surface area contributed by atoms with Crippen LogP contribution in [0.2, 0.25) is 0 Å². The quantitative estimate of drug-likeness (QED) is 0.939. The molecule has 0 radical (unpaired) electrons. The van der Waals surface area contributed by atoms with Gasteiger partial charge in [0, 0.05) is 24.6 Å². The maximum Gasteiger partial charge on any atom is 0.293 e. The third kappa shape index (κ3) is 2.47. The Kier molecular flexibility index (Phi) is 3.80. The molecule has 0 saturated carbocycles. The average molecular weight is 284 g/mol. The Morgan fingerprint density at radius 3 is 2.86 bits per heavy atom. The lowest BCUT2D eigenvalue weighted by atomic mass is 9.98. The molecule has 0 saturated heterocycles. The van der Waals surface area contributed by atoms with E-state index >= 15 is 0 Å². The first kappa shape index (κ1) is 13.9. The molecule has 0 aliphatic carbocycles. The molecule has 1 aromatic carbocycles. The van der Waals surface area contributed by atoms with Crippen LogP contribution in [0, 0.1) is 0 Å². The monoisotopic (exact) mass is 284 g/mol. The van der Waals surface area contributed by atoms with Gasteiger partial charge in [-0.3, -0.25) is 4.79 Å². The Balaban J connectivity index is 1.90. The number of carbonyl (C=O) groups is 1. The minimum atomic E-state index is -0.0679. The highest BCUT2D eigenvalue weighted by Gasteiger charge is 2.33. The zero-order chi connectivity index (χ0) is 14.8. The highest BCUT2D eigenvalue weighted by molar-refractivity contribution is 6.05. The Morgan fingerprint density at radius 2 is 2.14 bits per heavy atom. The van der Waals surface area contributed by atoms with Gasteiger partial charge in [0.1, 0.15) is 5.76 Å². The lowest BCUT2D eigenvalue weighted by Gasteiger charge is -2.16. The molecule has 1 aliphatic rings. The summed E-state index contributed by atoms with van der Waals surface area (Å²) in [6, 6.07) is 11.7. The number of fused-ring (bicyclic) bond motifs is 1. The van der Waals surface area contributed by atoms with E-state index in [9.17, 15) is 4.79 Å². The van der Waals surface area contributed by atoms with E-state index in [-0.39, 0.29) is 5.91 Å². The molecule has 0 bridgehead atoms. The SMILES string of the molecule is CCc1ccc(C(=O)N2CC(CCN)c3ccccc32)o1. The molecule has 3 rings (SSSR count). The highest BCUT2D eigenvalue weighted by atomic mass is 16.4. The van der Waals surface area contributed by atoms with Gasteiger partial charge in [-0.1, -0.05) is 25.1 Å². The molecule has 1 amide bonds. The summed E-state index contributed by atoms with van der Waals surface area (Å²) in [5.74, 6) is 1.50. The molecule has 2 aromatic rings. The van der Waals surface area contributed by atoms with E-state index in [2.05, 4.69) is 6.07 Å². The standard InChI is InChI=1S/C17H20N2O2/c1-2-13-7-8-16(21-13)17(20)19-11-12(9-10-18)14-5-3-4-6-15(14)19/h3-8,12H,2,9-11,18H2,1H3. The largest absolute Gasteiger partial charge is 0.456 e. The first-order valence-corrected chi connectivity index (χ1v) is 7.44. The minimum Gasteiger partial charge on any atom is -0.456 e. The number of nitrogens with two attached hydrogens (primary N) is 1. The van der Waals surface area contributed by atoms with Crippen LogP contribution in [0.15, 0.2) is 40.8 Å². The zero-order valence-corrected chi connectivity index (χ0v) is 12.2. The fourth-order valence-corrected chi connectivity index (χ4v) is 2.95. The van der Waals surface area contributed by atoms with Crippen LogP contribution in [0.1, 0.15) is 41.1 Å². The van der Waals surface area contributed by atoms with Crippen LogP contribution in [0.25, 0.3) is 0 Å². The molecule has 0 spiro atoms. The van der Waals surface area contributed by atoms with E-state index in [4.69, 9.17) is 10.2 Å². The fraction of sp³-hybridized carbons (Fsp3) is 0.353. The summed E-state index contributed by atoms with van der Waals surface area (Å²) in [5.41, 5.74) is 7.89. The average Bonchev–Trinajstić information content (AvgIpc) is 3.12. The van der Waals surface area contributed by atoms with Gasteiger partial charge in [0.15, 0.2) is 5.76 Å². The lowest BCUT2D eigenvalue weighted by molar-refractivity contribution is 0.0959. The third-order valence-corrected chi connectivity index (χ3v) is 4.05. The molecule has 0 fully saturated rings. The number of carbonyl (C=O) groups excluding carboxylic acids is 1. The van der Waals surface area contributed by atoms with Crippen LogP contribution in [0.5, 0.6) is 0 Å². The van der Waals surface area contributed by atoms with Gasteiger partial charge in [-0.05, 0) is 36.7 Å². The molecule has 1 atom stereocenters. The van der Waals surface area contributed by atoms with Gasteiger partial charge in [-0.25, -0.2) is 0 Å². The molecule has 1 unspecified atom stereocenters. The summed E-state index contributed by atoms with van der Waals surface area (Å²) >= 11 is 0. The topological polar surface area (TPSA) is 59.5 Å². The normalized spacial score (nSPS) is 17.0. The first-order valence-electron chi connectivity index (χ1n) is 7.44. The summed E-state index contributed by atoms with van der Waals surface area (Å²) in [5, 5.41) is 0. The van der Waals surface area contributed by atoms with Crippen molar-refractivity contribution >= 4 is 11.6 Å². The summed E-state index contributed by atoms with van der Waals surface area (Å²) in [6.45, 7) is 3.31. The number of hydrogen-bond donors (Lipinski definition) is 1. The second kappa shape index (κ2) is 5.74. The first-order chi connectivity index (χ1) is 10.2. The van der Waals surface area contributed by atoms with Gasteiger partial charge in [0.25, 0.3) is 5.91 Å². The molecule has 21 heavy (non-hydrogen) atoms. The third-order valence-electron chi connectivity index (χ3n) is 4.05. The Labute approximate surface area is 124 Å². The van der Waals surface area contributed by atoms with E-state index in [0.29, 0.717) is 24.8 Å². The van der Waals surface area contributed by atoms with Crippen molar-refractivity contribution in [3.8, 4) is 0 Å². The van der Waals surface area contributed by atoms with Crippen molar-refractivity contribution in [3.05, 3.63) is 53.5 Å². The highest BCUT2D eigenvalue weighted by Crippen LogP contribution is 2.38. The molecule has 4 nitrogen and oxygen atoms in total. The van der Waals surface area contributed by atoms with Crippen LogP contribution in [0.4, 0.5) is 5.69 Å². The van der Waals surface area contributed by atoms with E-state index < -0.39 is 0 Å². The van der Waals surface area contributed by atoms with Crippen LogP contribution in [-0.4, -0.2) is 19.0 Å². The van der Waals surface area contributed by atoms with Crippen LogP contribution in [-0.2, 0) is 6.42 Å². The molecule has 2 heterocycles. The van der Waals surface area contributed by atoms with Crippen molar-refractivity contribution in [2.45, 2.75) is 25.7 Å². The van der Waals surface area contributed by atoms with Crippen molar-refractivity contribution in [2.75, 3.05) is 18.0 Å². The Morgan fingerprint density at radius 1 is 1.33 bits per heavy atom. The maximum atomic E-state index is 12.7. The van der Waals surface area contributed by atoms with E-state index in [1.54, 1.807) is 6.07 Å². The van der Waals surface area contributed by atoms with Gasteiger partial charge < -0.3 is 15.1 Å². The van der Waals surface area contributed by atoms with Crippen molar-refractivity contribution < 1.29 is 9.21 Å². The van der Waals surface area contributed by atoms with Gasteiger partial charge >= 0.3 is 0 Å². The van der Waals surface area contributed by atoms with Crippen molar-refractivity contribution in [3.63, 3.8) is 0 Å². The van der Waals surface area contributed by atoms with Crippen LogP contribution < -0.4 is 10.6 Å². The van der Waals surface area contributed by atoms with Gasteiger partial charge in [0.2, 0.25) is 0 Å². The summed E-state index contributed by atoms with van der Waals surface area (Å²) in [7, 11) is 0. The number of furan rings is 1. The Hall–Kier alpha value is -2.07. The smallest absolute Gasteiger partial charge is 0.293 e. The van der Waals surface area contributed by atoms with Gasteiger partial charge in [0.05, 0.1) is 0 Å². The number of nitrogens with zero attached hydrogens (tertiary/aromatic N) is 1. The second-order valence-electron chi connectivity index (χ2n) is 5.37. The van der Waals surface area contributed by atoms with Crippen molar-refractivity contribution in [1.82, 2.24) is 0 Å². The number of benzene rings is 1. The fourth-order valence-electron chi connectivity index (χ4n) is 2.95. The lowest BCUT2D eigenvalue weighted by Crippen LogP contribution is -2.29. The van der Waals surface area contributed by atoms with Crippen LogP contribution >= 0.6 is 0 Å². The van der Waals surface area contributed by atoms with Crippen molar-refractivity contribution in [1.29, 1.82) is 0 Å². The second-order valence-corrected chi connectivity index (χ2v) is 5.37. The molecular weight excluding hydrogens is 264 g/mol. The molecule has 110 valence electrons. The van der Waals surface area contributed by atoms with Crippen molar-refractivity contribution in [2.24, 2.45) is 5.73 Å². The van der Waals surface area contributed by atoms with Gasteiger partial charge in [-0.2, -0.15) is 0 Å². The molecular formula is C17H20N2O2. The predicted octanol–water partition coefficient (Wildman–Crippen LogP) is 2.93. The summed E-state index contributed by atoms with van der Waals surface area (Å²) in [6.07, 6.45) is 1.68. The Bertz CT molecular complexity index is 648. The number of amides is 1. The summed E-state index contributed by atoms with van der Waals surface area (Å²) in [4.78, 5) is 14.5. The predicted molar refractivity (Wildman–Crippen MR) is 82.6 cm³/mol. The van der Waals surface area contributed by atoms with E-state index in [0.717, 1.165) is 24.3 Å². The minimum absolute atomic E-state index is 0.0679. The van der Waals surface area contributed by atoms with E-state index in [1.165, 1.54) is 5.56 Å². The molecule has 1 aromatic heterocycles. The van der Waals surface area contributed by atoms with E-state index in [1.807, 2.05) is 36.1 Å². The molecule has 4 heteroatoms. The number of aryl methyl sites for hydroxylation is 1.